The van der Waals surface area contributed by atoms with Crippen molar-refractivity contribution in [3.05, 3.63) is 78.0 Å². The molecule has 0 aliphatic heterocycles. The average Bonchev–Trinajstić information content (AvgIpc) is 3.55. The molecule has 0 saturated heterocycles. The summed E-state index contributed by atoms with van der Waals surface area (Å²) in [4.78, 5) is 29.1. The van der Waals surface area contributed by atoms with E-state index in [0.717, 1.165) is 18.5 Å². The van der Waals surface area contributed by atoms with E-state index in [1.165, 1.54) is 46.9 Å². The molecule has 0 saturated carbocycles. The van der Waals surface area contributed by atoms with E-state index in [-0.39, 0.29) is 23.1 Å². The maximum atomic E-state index is 12.6. The molecule has 0 aromatic carbocycles. The standard InChI is InChI=1S/C30H40N8O/c1-20(8-10-25-23(4)24(11-12-30(25,5)6)16-37-14-13-32-18-37)7-9-21(2)22(3)15-26(39)36-38-19-35-27-28(31)33-17-34-29(27)38/h7-8,10,13-15,17-19,21,24H,9,11-12,16H2,1-6H3,(H,36,39)(H2,31,33,34). The Bertz CT molecular complexity index is 1440. The van der Waals surface area contributed by atoms with Crippen molar-refractivity contribution in [2.24, 2.45) is 17.3 Å². The monoisotopic (exact) mass is 528 g/mol. The lowest BCUT2D eigenvalue weighted by Gasteiger charge is -2.37. The Hall–Kier alpha value is -4.01. The number of hydrogen-bond donors (Lipinski definition) is 2. The van der Waals surface area contributed by atoms with Gasteiger partial charge in [0, 0.05) is 25.0 Å². The smallest absolute Gasteiger partial charge is 0.262 e. The zero-order valence-corrected chi connectivity index (χ0v) is 23.8. The van der Waals surface area contributed by atoms with Crippen LogP contribution in [0.4, 0.5) is 5.82 Å². The van der Waals surface area contributed by atoms with Gasteiger partial charge in [-0.25, -0.2) is 24.6 Å². The molecule has 3 N–H and O–H groups in total. The van der Waals surface area contributed by atoms with Gasteiger partial charge in [0.25, 0.3) is 5.91 Å². The van der Waals surface area contributed by atoms with Crippen LogP contribution in [0.5, 0.6) is 0 Å². The fourth-order valence-corrected chi connectivity index (χ4v) is 5.14. The normalized spacial score (nSPS) is 19.2. The van der Waals surface area contributed by atoms with E-state index < -0.39 is 0 Å². The molecule has 1 aliphatic carbocycles. The van der Waals surface area contributed by atoms with Gasteiger partial charge in [0.05, 0.1) is 6.33 Å². The van der Waals surface area contributed by atoms with E-state index >= 15 is 0 Å². The zero-order valence-electron chi connectivity index (χ0n) is 23.8. The third kappa shape index (κ3) is 6.71. The number of fused-ring (bicyclic) bond motifs is 1. The molecule has 0 bridgehead atoms. The second kappa shape index (κ2) is 11.8. The first kappa shape index (κ1) is 28.0. The quantitative estimate of drug-likeness (QED) is 0.276. The van der Waals surface area contributed by atoms with Crippen LogP contribution in [0.1, 0.15) is 60.8 Å². The number of imidazole rings is 2. The minimum Gasteiger partial charge on any atom is -0.382 e. The van der Waals surface area contributed by atoms with Gasteiger partial charge >= 0.3 is 0 Å². The molecule has 2 unspecified atom stereocenters. The molecule has 9 nitrogen and oxygen atoms in total. The van der Waals surface area contributed by atoms with Crippen LogP contribution in [0, 0.1) is 17.3 Å². The Kier molecular flexibility index (Phi) is 8.47. The lowest BCUT2D eigenvalue weighted by Crippen LogP contribution is -2.26. The second-order valence-electron chi connectivity index (χ2n) is 11.3. The molecular weight excluding hydrogens is 488 g/mol. The van der Waals surface area contributed by atoms with Crippen molar-refractivity contribution >= 4 is 22.9 Å². The molecule has 0 spiro atoms. The third-order valence-electron chi connectivity index (χ3n) is 7.91. The summed E-state index contributed by atoms with van der Waals surface area (Å²) in [5, 5.41) is 0. The van der Waals surface area contributed by atoms with E-state index in [1.807, 2.05) is 25.6 Å². The number of amides is 1. The van der Waals surface area contributed by atoms with E-state index in [2.05, 4.69) is 82.8 Å². The van der Waals surface area contributed by atoms with Gasteiger partial charge in [0.1, 0.15) is 12.7 Å². The van der Waals surface area contributed by atoms with Crippen LogP contribution in [-0.2, 0) is 11.3 Å². The summed E-state index contributed by atoms with van der Waals surface area (Å²) in [7, 11) is 0. The number of hydrogen-bond acceptors (Lipinski definition) is 6. The Balaban J connectivity index is 1.38. The fourth-order valence-electron chi connectivity index (χ4n) is 5.14. The van der Waals surface area contributed by atoms with Gasteiger partial charge in [-0.15, -0.1) is 0 Å². The second-order valence-corrected chi connectivity index (χ2v) is 11.3. The van der Waals surface area contributed by atoms with Crippen LogP contribution >= 0.6 is 0 Å². The number of nitrogens with one attached hydrogen (secondary N) is 1. The van der Waals surface area contributed by atoms with Crippen LogP contribution in [0.2, 0.25) is 0 Å². The lowest BCUT2D eigenvalue weighted by atomic mass is 9.68. The maximum absolute atomic E-state index is 12.6. The van der Waals surface area contributed by atoms with Crippen LogP contribution in [0.15, 0.2) is 78.0 Å². The SMILES string of the molecule is CC(C=CC1=C(C)C(Cn2ccnc2)CCC1(C)C)=CCC(C)C(C)=CC(=O)Nn1cnc2c(N)ncnc21. The summed E-state index contributed by atoms with van der Waals surface area (Å²) in [5.41, 5.74) is 14.8. The van der Waals surface area contributed by atoms with Crippen LogP contribution < -0.4 is 11.2 Å². The molecule has 206 valence electrons. The van der Waals surface area contributed by atoms with Crippen LogP contribution in [0.3, 0.4) is 0 Å². The molecule has 3 aromatic rings. The van der Waals surface area contributed by atoms with Gasteiger partial charge in [-0.3, -0.25) is 10.2 Å². The summed E-state index contributed by atoms with van der Waals surface area (Å²) >= 11 is 0. The number of nitrogens with zero attached hydrogens (tertiary/aromatic N) is 6. The van der Waals surface area contributed by atoms with E-state index in [4.69, 9.17) is 5.73 Å². The Morgan fingerprint density at radius 1 is 1.26 bits per heavy atom. The fraction of sp³-hybridized carbons (Fsp3) is 0.433. The Labute approximate surface area is 230 Å². The number of carbonyl (C=O) groups is 1. The first-order valence-corrected chi connectivity index (χ1v) is 13.5. The van der Waals surface area contributed by atoms with Crippen molar-refractivity contribution in [2.45, 2.75) is 67.3 Å². The maximum Gasteiger partial charge on any atom is 0.262 e. The number of anilines is 1. The van der Waals surface area contributed by atoms with Gasteiger partial charge in [-0.05, 0) is 62.9 Å². The number of nitrogen functional groups attached to an aromatic ring is 1. The molecule has 1 amide bonds. The number of rotatable bonds is 9. The largest absolute Gasteiger partial charge is 0.382 e. The van der Waals surface area contributed by atoms with Crippen molar-refractivity contribution in [2.75, 3.05) is 11.2 Å². The van der Waals surface area contributed by atoms with Crippen LogP contribution in [0.25, 0.3) is 11.2 Å². The van der Waals surface area contributed by atoms with Gasteiger partial charge in [-0.2, -0.15) is 0 Å². The molecular formula is C30H40N8O. The number of carbonyl (C=O) groups excluding carboxylic acids is 1. The Morgan fingerprint density at radius 2 is 2.05 bits per heavy atom. The predicted octanol–water partition coefficient (Wildman–Crippen LogP) is 5.60. The molecule has 1 aliphatic rings. The van der Waals surface area contributed by atoms with Crippen molar-refractivity contribution in [1.29, 1.82) is 0 Å². The van der Waals surface area contributed by atoms with Gasteiger partial charge in [0.15, 0.2) is 17.0 Å². The molecule has 9 heteroatoms. The minimum atomic E-state index is -0.247. The summed E-state index contributed by atoms with van der Waals surface area (Å²) in [6.45, 7) is 14.2. The number of allylic oxidation sites excluding steroid dienone is 7. The molecule has 4 rings (SSSR count). The van der Waals surface area contributed by atoms with E-state index in [0.29, 0.717) is 17.1 Å². The average molecular weight is 529 g/mol. The summed E-state index contributed by atoms with van der Waals surface area (Å²) in [6, 6.07) is 0. The highest BCUT2D eigenvalue weighted by atomic mass is 16.2. The van der Waals surface area contributed by atoms with Crippen molar-refractivity contribution in [3.8, 4) is 0 Å². The molecule has 3 heterocycles. The predicted molar refractivity (Wildman–Crippen MR) is 156 cm³/mol. The molecule has 2 atom stereocenters. The number of nitrogens with two attached hydrogens (primary N) is 1. The van der Waals surface area contributed by atoms with Gasteiger partial charge in [0.2, 0.25) is 0 Å². The molecule has 39 heavy (non-hydrogen) atoms. The van der Waals surface area contributed by atoms with Crippen molar-refractivity contribution < 1.29 is 4.79 Å². The van der Waals surface area contributed by atoms with E-state index in [9.17, 15) is 4.79 Å². The van der Waals surface area contributed by atoms with Crippen molar-refractivity contribution in [3.63, 3.8) is 0 Å². The topological polar surface area (TPSA) is 117 Å². The highest BCUT2D eigenvalue weighted by Gasteiger charge is 2.31. The minimum absolute atomic E-state index is 0.157. The molecule has 0 fully saturated rings. The Morgan fingerprint density at radius 3 is 2.79 bits per heavy atom. The first-order valence-electron chi connectivity index (χ1n) is 13.5. The lowest BCUT2D eigenvalue weighted by molar-refractivity contribution is -0.112. The summed E-state index contributed by atoms with van der Waals surface area (Å²) < 4.78 is 3.64. The third-order valence-corrected chi connectivity index (χ3v) is 7.91. The van der Waals surface area contributed by atoms with Gasteiger partial charge < -0.3 is 10.3 Å². The van der Waals surface area contributed by atoms with Crippen molar-refractivity contribution in [1.82, 2.24) is 29.2 Å². The first-order chi connectivity index (χ1) is 18.5. The highest BCUT2D eigenvalue weighted by molar-refractivity contribution is 5.95. The highest BCUT2D eigenvalue weighted by Crippen LogP contribution is 2.44. The van der Waals surface area contributed by atoms with Gasteiger partial charge in [-0.1, -0.05) is 55.7 Å². The zero-order chi connectivity index (χ0) is 28.2. The number of aromatic nitrogens is 6. The van der Waals surface area contributed by atoms with E-state index in [1.54, 1.807) is 6.08 Å². The van der Waals surface area contributed by atoms with Crippen LogP contribution in [-0.4, -0.2) is 35.1 Å². The molecule has 3 aromatic heterocycles. The summed E-state index contributed by atoms with van der Waals surface area (Å²) in [6.07, 6.45) is 20.2. The molecule has 0 radical (unpaired) electrons. The summed E-state index contributed by atoms with van der Waals surface area (Å²) in [5.74, 6) is 0.768.